The number of carboxylic acids is 1. The number of aliphatic carboxylic acids is 1. The zero-order chi connectivity index (χ0) is 12.8. The largest absolute Gasteiger partial charge is 0.481 e. The monoisotopic (exact) mass is 262 g/mol. The van der Waals surface area contributed by atoms with E-state index < -0.39 is 11.4 Å². The molecule has 0 radical (unpaired) electrons. The van der Waals surface area contributed by atoms with Gasteiger partial charge in [0.2, 0.25) is 0 Å². The molecule has 96 valence electrons. The van der Waals surface area contributed by atoms with Crippen LogP contribution in [0.1, 0.15) is 31.7 Å². The number of rotatable bonds is 4. The van der Waals surface area contributed by atoms with Gasteiger partial charge in [-0.3, -0.25) is 4.79 Å². The highest BCUT2D eigenvalue weighted by Gasteiger charge is 2.48. The number of thioether (sulfide) groups is 1. The molecular weight excluding hydrogens is 244 g/mol. The molecule has 1 fully saturated rings. The first-order chi connectivity index (χ1) is 8.59. The minimum Gasteiger partial charge on any atom is -0.481 e. The Balaban J connectivity index is 1.73. The summed E-state index contributed by atoms with van der Waals surface area (Å²) in [7, 11) is 0. The van der Waals surface area contributed by atoms with Crippen LogP contribution in [0.2, 0.25) is 0 Å². The van der Waals surface area contributed by atoms with Crippen LogP contribution in [0.4, 0.5) is 0 Å². The van der Waals surface area contributed by atoms with Crippen LogP contribution in [0, 0.1) is 11.3 Å². The molecule has 0 amide bonds. The molecule has 3 heteroatoms. The highest BCUT2D eigenvalue weighted by atomic mass is 32.2. The van der Waals surface area contributed by atoms with E-state index in [2.05, 4.69) is 24.3 Å². The minimum atomic E-state index is -0.610. The second kappa shape index (κ2) is 4.30. The molecule has 3 rings (SSSR count). The highest BCUT2D eigenvalue weighted by Crippen LogP contribution is 2.51. The molecule has 2 atom stereocenters. The van der Waals surface area contributed by atoms with Gasteiger partial charge in [0.15, 0.2) is 0 Å². The molecule has 1 aliphatic carbocycles. The maximum atomic E-state index is 11.6. The summed E-state index contributed by atoms with van der Waals surface area (Å²) in [5.74, 6) is -0.208. The Morgan fingerprint density at radius 3 is 2.78 bits per heavy atom. The fraction of sp³-hybridized carbons (Fsp3) is 0.533. The van der Waals surface area contributed by atoms with E-state index in [9.17, 15) is 9.90 Å². The van der Waals surface area contributed by atoms with Gasteiger partial charge in [-0.25, -0.2) is 0 Å². The van der Waals surface area contributed by atoms with Crippen molar-refractivity contribution in [1.29, 1.82) is 0 Å². The first-order valence-corrected chi connectivity index (χ1v) is 7.45. The van der Waals surface area contributed by atoms with Crippen molar-refractivity contribution in [2.45, 2.75) is 42.8 Å². The van der Waals surface area contributed by atoms with Gasteiger partial charge in [-0.15, -0.1) is 11.8 Å². The first-order valence-electron chi connectivity index (χ1n) is 6.57. The van der Waals surface area contributed by atoms with Crippen LogP contribution in [-0.2, 0) is 11.2 Å². The Morgan fingerprint density at radius 1 is 1.44 bits per heavy atom. The first kappa shape index (κ1) is 12.1. The van der Waals surface area contributed by atoms with Crippen molar-refractivity contribution in [3.63, 3.8) is 0 Å². The maximum absolute atomic E-state index is 11.6. The second-order valence-electron chi connectivity index (χ2n) is 5.75. The SMILES string of the molecule is CC(CC1Cc2ccccc2S1)(C(=O)O)C1CC1. The number of hydrogen-bond donors (Lipinski definition) is 1. The normalized spacial score (nSPS) is 25.5. The summed E-state index contributed by atoms with van der Waals surface area (Å²) in [6, 6.07) is 8.44. The summed E-state index contributed by atoms with van der Waals surface area (Å²) in [4.78, 5) is 12.9. The van der Waals surface area contributed by atoms with E-state index in [0.29, 0.717) is 11.2 Å². The van der Waals surface area contributed by atoms with Gasteiger partial charge in [-0.1, -0.05) is 18.2 Å². The number of fused-ring (bicyclic) bond motifs is 1. The zero-order valence-corrected chi connectivity index (χ0v) is 11.4. The molecule has 1 heterocycles. The second-order valence-corrected chi connectivity index (χ2v) is 7.09. The molecule has 2 unspecified atom stereocenters. The molecule has 0 aromatic heterocycles. The van der Waals surface area contributed by atoms with Crippen molar-refractivity contribution in [1.82, 2.24) is 0 Å². The predicted octanol–water partition coefficient (Wildman–Crippen LogP) is 3.59. The number of carboxylic acid groups (broad SMARTS) is 1. The third-order valence-corrected chi connectivity index (χ3v) is 5.65. The Hall–Kier alpha value is -0.960. The fourth-order valence-corrected chi connectivity index (χ4v) is 4.50. The molecule has 0 spiro atoms. The summed E-state index contributed by atoms with van der Waals surface area (Å²) < 4.78 is 0. The average molecular weight is 262 g/mol. The van der Waals surface area contributed by atoms with Crippen molar-refractivity contribution < 1.29 is 9.90 Å². The lowest BCUT2D eigenvalue weighted by Gasteiger charge is -2.27. The topological polar surface area (TPSA) is 37.3 Å². The molecule has 1 aliphatic heterocycles. The van der Waals surface area contributed by atoms with Crippen molar-refractivity contribution in [3.8, 4) is 0 Å². The van der Waals surface area contributed by atoms with E-state index >= 15 is 0 Å². The van der Waals surface area contributed by atoms with Crippen LogP contribution in [0.25, 0.3) is 0 Å². The van der Waals surface area contributed by atoms with Crippen molar-refractivity contribution in [3.05, 3.63) is 29.8 Å². The molecule has 1 N–H and O–H groups in total. The van der Waals surface area contributed by atoms with E-state index in [4.69, 9.17) is 0 Å². The van der Waals surface area contributed by atoms with Gasteiger partial charge in [0.05, 0.1) is 5.41 Å². The number of carbonyl (C=O) groups is 1. The molecule has 1 aromatic carbocycles. The Morgan fingerprint density at radius 2 is 2.17 bits per heavy atom. The Kier molecular flexibility index (Phi) is 2.89. The van der Waals surface area contributed by atoms with Gasteiger partial charge < -0.3 is 5.11 Å². The van der Waals surface area contributed by atoms with Gasteiger partial charge in [-0.2, -0.15) is 0 Å². The lowest BCUT2D eigenvalue weighted by Crippen LogP contribution is -2.33. The van der Waals surface area contributed by atoms with Crippen LogP contribution < -0.4 is 0 Å². The zero-order valence-electron chi connectivity index (χ0n) is 10.6. The Labute approximate surface area is 112 Å². The lowest BCUT2D eigenvalue weighted by molar-refractivity contribution is -0.149. The van der Waals surface area contributed by atoms with Crippen LogP contribution in [0.3, 0.4) is 0 Å². The summed E-state index contributed by atoms with van der Waals surface area (Å²) >= 11 is 1.86. The van der Waals surface area contributed by atoms with Gasteiger partial charge in [-0.05, 0) is 50.2 Å². The summed E-state index contributed by atoms with van der Waals surface area (Å²) in [6.07, 6.45) is 4.00. The van der Waals surface area contributed by atoms with Gasteiger partial charge in [0, 0.05) is 10.1 Å². The smallest absolute Gasteiger partial charge is 0.309 e. The summed E-state index contributed by atoms with van der Waals surface area (Å²) in [6.45, 7) is 1.94. The van der Waals surface area contributed by atoms with Crippen LogP contribution in [0.5, 0.6) is 0 Å². The molecule has 0 bridgehead atoms. The van der Waals surface area contributed by atoms with E-state index in [0.717, 1.165) is 25.7 Å². The quantitative estimate of drug-likeness (QED) is 0.901. The van der Waals surface area contributed by atoms with Crippen LogP contribution in [-0.4, -0.2) is 16.3 Å². The standard InChI is InChI=1S/C15H18O2S/c1-15(14(16)17,11-6-7-11)9-12-8-10-4-2-3-5-13(10)18-12/h2-5,11-12H,6-9H2,1H3,(H,16,17). The van der Waals surface area contributed by atoms with Gasteiger partial charge in [0.25, 0.3) is 0 Å². The molecular formula is C15H18O2S. The molecule has 18 heavy (non-hydrogen) atoms. The average Bonchev–Trinajstić information content (AvgIpc) is 3.10. The van der Waals surface area contributed by atoms with Crippen molar-refractivity contribution >= 4 is 17.7 Å². The fourth-order valence-electron chi connectivity index (χ4n) is 2.99. The van der Waals surface area contributed by atoms with Gasteiger partial charge in [0.1, 0.15) is 0 Å². The highest BCUT2D eigenvalue weighted by molar-refractivity contribution is 8.00. The molecule has 2 aliphatic rings. The van der Waals surface area contributed by atoms with Crippen LogP contribution >= 0.6 is 11.8 Å². The predicted molar refractivity (Wildman–Crippen MR) is 72.9 cm³/mol. The summed E-state index contributed by atoms with van der Waals surface area (Å²) in [5.41, 5.74) is 0.871. The maximum Gasteiger partial charge on any atom is 0.309 e. The molecule has 2 nitrogen and oxygen atoms in total. The van der Waals surface area contributed by atoms with E-state index in [-0.39, 0.29) is 0 Å². The Bertz CT molecular complexity index is 456. The molecule has 1 aromatic rings. The minimum absolute atomic E-state index is 0.402. The van der Waals surface area contributed by atoms with E-state index in [1.54, 1.807) is 0 Å². The van der Waals surface area contributed by atoms with E-state index in [1.807, 2.05) is 18.7 Å². The van der Waals surface area contributed by atoms with E-state index in [1.165, 1.54) is 10.5 Å². The van der Waals surface area contributed by atoms with Gasteiger partial charge >= 0.3 is 5.97 Å². The lowest BCUT2D eigenvalue weighted by atomic mass is 9.79. The molecule has 0 saturated heterocycles. The summed E-state index contributed by atoms with van der Waals surface area (Å²) in [5, 5.41) is 9.95. The third-order valence-electron chi connectivity index (χ3n) is 4.33. The molecule has 1 saturated carbocycles. The number of hydrogen-bond acceptors (Lipinski definition) is 2. The number of benzene rings is 1. The van der Waals surface area contributed by atoms with Crippen molar-refractivity contribution in [2.75, 3.05) is 0 Å². The van der Waals surface area contributed by atoms with Crippen LogP contribution in [0.15, 0.2) is 29.2 Å². The third kappa shape index (κ3) is 2.05. The van der Waals surface area contributed by atoms with Crippen molar-refractivity contribution in [2.24, 2.45) is 11.3 Å².